The van der Waals surface area contributed by atoms with Gasteiger partial charge in [0, 0.05) is 18.2 Å². The first-order valence-corrected chi connectivity index (χ1v) is 7.50. The summed E-state index contributed by atoms with van der Waals surface area (Å²) in [5.41, 5.74) is 6.31. The zero-order chi connectivity index (χ0) is 14.4. The van der Waals surface area contributed by atoms with Crippen molar-refractivity contribution in [2.24, 2.45) is 5.73 Å². The molecule has 0 unspecified atom stereocenters. The number of carbonyl (C=O) groups excluding carboxylic acids is 1. The highest BCUT2D eigenvalue weighted by atomic mass is 16.5. The number of ether oxygens (including phenoxy) is 1. The van der Waals surface area contributed by atoms with Crippen molar-refractivity contribution in [3.8, 4) is 5.75 Å². The maximum atomic E-state index is 12.6. The van der Waals surface area contributed by atoms with Crippen LogP contribution in [0.15, 0.2) is 24.3 Å². The number of nitrogens with zero attached hydrogens (tertiary/aromatic N) is 1. The Hall–Kier alpha value is -1.55. The van der Waals surface area contributed by atoms with Crippen LogP contribution in [0.5, 0.6) is 5.75 Å². The van der Waals surface area contributed by atoms with Gasteiger partial charge in [0.1, 0.15) is 5.75 Å². The van der Waals surface area contributed by atoms with Gasteiger partial charge in [-0.05, 0) is 63.4 Å². The number of benzene rings is 1. The first-order chi connectivity index (χ1) is 9.76. The molecule has 2 N–H and O–H groups in total. The number of hydrogen-bond donors (Lipinski definition) is 1. The highest BCUT2D eigenvalue weighted by Crippen LogP contribution is 2.26. The molecule has 4 nitrogen and oxygen atoms in total. The third-order valence-corrected chi connectivity index (χ3v) is 3.79. The molecule has 1 aromatic rings. The van der Waals surface area contributed by atoms with Crippen LogP contribution in [-0.2, 0) is 0 Å². The van der Waals surface area contributed by atoms with E-state index in [4.69, 9.17) is 10.5 Å². The van der Waals surface area contributed by atoms with Crippen LogP contribution in [0.1, 0.15) is 43.0 Å². The van der Waals surface area contributed by atoms with Gasteiger partial charge in [0.2, 0.25) is 0 Å². The minimum Gasteiger partial charge on any atom is -0.494 e. The second-order valence-corrected chi connectivity index (χ2v) is 5.18. The van der Waals surface area contributed by atoms with Crippen LogP contribution >= 0.6 is 0 Å². The average molecular weight is 276 g/mol. The molecule has 1 fully saturated rings. The second-order valence-electron chi connectivity index (χ2n) is 5.18. The SMILES string of the molecule is CCOc1ccc(C(=O)N(CCCN)C2CCC2)cc1. The summed E-state index contributed by atoms with van der Waals surface area (Å²) in [7, 11) is 0. The van der Waals surface area contributed by atoms with E-state index in [0.717, 1.165) is 37.1 Å². The number of carbonyl (C=O) groups is 1. The summed E-state index contributed by atoms with van der Waals surface area (Å²) in [6.45, 7) is 3.97. The van der Waals surface area contributed by atoms with Crippen LogP contribution in [0.25, 0.3) is 0 Å². The summed E-state index contributed by atoms with van der Waals surface area (Å²) in [4.78, 5) is 14.6. The molecule has 0 aliphatic heterocycles. The fourth-order valence-corrected chi connectivity index (χ4v) is 2.44. The van der Waals surface area contributed by atoms with Crippen LogP contribution in [0.4, 0.5) is 0 Å². The van der Waals surface area contributed by atoms with E-state index in [1.54, 1.807) is 0 Å². The van der Waals surface area contributed by atoms with Gasteiger partial charge in [-0.2, -0.15) is 0 Å². The third kappa shape index (κ3) is 3.51. The Morgan fingerprint density at radius 1 is 1.35 bits per heavy atom. The third-order valence-electron chi connectivity index (χ3n) is 3.79. The smallest absolute Gasteiger partial charge is 0.254 e. The quantitative estimate of drug-likeness (QED) is 0.832. The van der Waals surface area contributed by atoms with Crippen molar-refractivity contribution in [1.82, 2.24) is 4.90 Å². The number of hydrogen-bond acceptors (Lipinski definition) is 3. The Labute approximate surface area is 120 Å². The molecule has 0 saturated heterocycles. The zero-order valence-electron chi connectivity index (χ0n) is 12.2. The molecule has 1 saturated carbocycles. The van der Waals surface area contributed by atoms with Gasteiger partial charge in [0.25, 0.3) is 5.91 Å². The summed E-state index contributed by atoms with van der Waals surface area (Å²) >= 11 is 0. The fourth-order valence-electron chi connectivity index (χ4n) is 2.44. The number of rotatable bonds is 7. The van der Waals surface area contributed by atoms with Crippen LogP contribution in [0, 0.1) is 0 Å². The molecule has 0 atom stereocenters. The lowest BCUT2D eigenvalue weighted by Gasteiger charge is -2.37. The molecule has 0 radical (unpaired) electrons. The molecule has 0 aromatic heterocycles. The molecule has 1 amide bonds. The van der Waals surface area contributed by atoms with Gasteiger partial charge in [0.05, 0.1) is 6.61 Å². The minimum absolute atomic E-state index is 0.117. The summed E-state index contributed by atoms with van der Waals surface area (Å²) < 4.78 is 5.40. The molecule has 1 aromatic carbocycles. The standard InChI is InChI=1S/C16H24N2O2/c1-2-20-15-9-7-13(8-10-15)16(19)18(12-4-11-17)14-5-3-6-14/h7-10,14H,2-6,11-12,17H2,1H3. The molecule has 0 heterocycles. The van der Waals surface area contributed by atoms with E-state index in [-0.39, 0.29) is 5.91 Å². The lowest BCUT2D eigenvalue weighted by molar-refractivity contribution is 0.0578. The topological polar surface area (TPSA) is 55.6 Å². The van der Waals surface area contributed by atoms with Crippen molar-refractivity contribution in [2.45, 2.75) is 38.6 Å². The van der Waals surface area contributed by atoms with Gasteiger partial charge >= 0.3 is 0 Å². The largest absolute Gasteiger partial charge is 0.494 e. The summed E-state index contributed by atoms with van der Waals surface area (Å²) in [6, 6.07) is 7.82. The van der Waals surface area contributed by atoms with Crippen molar-refractivity contribution in [2.75, 3.05) is 19.7 Å². The zero-order valence-corrected chi connectivity index (χ0v) is 12.2. The van der Waals surface area contributed by atoms with Gasteiger partial charge < -0.3 is 15.4 Å². The molecule has 0 spiro atoms. The Balaban J connectivity index is 2.05. The first-order valence-electron chi connectivity index (χ1n) is 7.50. The predicted molar refractivity (Wildman–Crippen MR) is 80.0 cm³/mol. The molecular weight excluding hydrogens is 252 g/mol. The summed E-state index contributed by atoms with van der Waals surface area (Å²) in [6.07, 6.45) is 4.32. The predicted octanol–water partition coefficient (Wildman–Crippen LogP) is 2.43. The van der Waals surface area contributed by atoms with Crippen molar-refractivity contribution in [3.63, 3.8) is 0 Å². The van der Waals surface area contributed by atoms with Gasteiger partial charge in [-0.25, -0.2) is 0 Å². The first kappa shape index (κ1) is 14.9. The molecule has 20 heavy (non-hydrogen) atoms. The Kier molecular flexibility index (Phi) is 5.41. The molecule has 1 aliphatic carbocycles. The molecule has 0 bridgehead atoms. The lowest BCUT2D eigenvalue weighted by Crippen LogP contribution is -2.45. The molecule has 4 heteroatoms. The monoisotopic (exact) mass is 276 g/mol. The normalized spacial score (nSPS) is 14.7. The average Bonchev–Trinajstić information content (AvgIpc) is 2.42. The summed E-state index contributed by atoms with van der Waals surface area (Å²) in [5.74, 6) is 0.924. The molecule has 110 valence electrons. The van der Waals surface area contributed by atoms with Gasteiger partial charge in [-0.15, -0.1) is 0 Å². The highest BCUT2D eigenvalue weighted by Gasteiger charge is 2.28. The van der Waals surface area contributed by atoms with Gasteiger partial charge in [0.15, 0.2) is 0 Å². The number of amides is 1. The van der Waals surface area contributed by atoms with Crippen LogP contribution in [0.2, 0.25) is 0 Å². The highest BCUT2D eigenvalue weighted by molar-refractivity contribution is 5.94. The van der Waals surface area contributed by atoms with E-state index in [2.05, 4.69) is 0 Å². The molecular formula is C16H24N2O2. The van der Waals surface area contributed by atoms with E-state index < -0.39 is 0 Å². The fraction of sp³-hybridized carbons (Fsp3) is 0.562. The summed E-state index contributed by atoms with van der Waals surface area (Å²) in [5, 5.41) is 0. The van der Waals surface area contributed by atoms with Crippen molar-refractivity contribution >= 4 is 5.91 Å². The maximum absolute atomic E-state index is 12.6. The Morgan fingerprint density at radius 3 is 2.55 bits per heavy atom. The second kappa shape index (κ2) is 7.29. The minimum atomic E-state index is 0.117. The van der Waals surface area contributed by atoms with Crippen molar-refractivity contribution < 1.29 is 9.53 Å². The molecule has 1 aliphatic rings. The van der Waals surface area contributed by atoms with Crippen LogP contribution in [0.3, 0.4) is 0 Å². The van der Waals surface area contributed by atoms with E-state index in [9.17, 15) is 4.79 Å². The van der Waals surface area contributed by atoms with E-state index in [1.807, 2.05) is 36.1 Å². The van der Waals surface area contributed by atoms with Gasteiger partial charge in [-0.3, -0.25) is 4.79 Å². The van der Waals surface area contributed by atoms with Crippen molar-refractivity contribution in [1.29, 1.82) is 0 Å². The van der Waals surface area contributed by atoms with Gasteiger partial charge in [-0.1, -0.05) is 0 Å². The van der Waals surface area contributed by atoms with Crippen LogP contribution < -0.4 is 10.5 Å². The van der Waals surface area contributed by atoms with E-state index >= 15 is 0 Å². The Morgan fingerprint density at radius 2 is 2.05 bits per heavy atom. The van der Waals surface area contributed by atoms with Crippen LogP contribution in [-0.4, -0.2) is 36.5 Å². The van der Waals surface area contributed by atoms with Crippen molar-refractivity contribution in [3.05, 3.63) is 29.8 Å². The van der Waals surface area contributed by atoms with E-state index in [0.29, 0.717) is 19.2 Å². The molecule has 2 rings (SSSR count). The Bertz CT molecular complexity index is 427. The number of nitrogens with two attached hydrogens (primary N) is 1. The maximum Gasteiger partial charge on any atom is 0.254 e. The van der Waals surface area contributed by atoms with E-state index in [1.165, 1.54) is 6.42 Å². The lowest BCUT2D eigenvalue weighted by atomic mass is 9.90.